The van der Waals surface area contributed by atoms with E-state index in [0.29, 0.717) is 0 Å². The van der Waals surface area contributed by atoms with E-state index >= 15 is 0 Å². The van der Waals surface area contributed by atoms with Crippen LogP contribution in [0.4, 0.5) is 20.2 Å². The van der Waals surface area contributed by atoms with Crippen LogP contribution in [-0.4, -0.2) is 10.8 Å². The number of nitro benzene ring substituents is 1. The summed E-state index contributed by atoms with van der Waals surface area (Å²) in [5.41, 5.74) is -1.23. The number of hydrogen-bond acceptors (Lipinski definition) is 3. The highest BCUT2D eigenvalue weighted by Crippen LogP contribution is 2.27. The SMILES string of the molecule is O=C(Nc1c(F)cccc1[N+](=O)[O-])c1ccc(Br)c(F)c1. The van der Waals surface area contributed by atoms with E-state index in [4.69, 9.17) is 0 Å². The summed E-state index contributed by atoms with van der Waals surface area (Å²) in [6.45, 7) is 0. The van der Waals surface area contributed by atoms with Gasteiger partial charge in [-0.05, 0) is 40.2 Å². The van der Waals surface area contributed by atoms with E-state index in [1.165, 1.54) is 12.1 Å². The quantitative estimate of drug-likeness (QED) is 0.669. The molecule has 0 bridgehead atoms. The molecule has 0 heterocycles. The van der Waals surface area contributed by atoms with E-state index in [2.05, 4.69) is 21.2 Å². The van der Waals surface area contributed by atoms with Crippen molar-refractivity contribution in [2.45, 2.75) is 0 Å². The Labute approximate surface area is 125 Å². The van der Waals surface area contributed by atoms with E-state index in [1.54, 1.807) is 0 Å². The highest BCUT2D eigenvalue weighted by Gasteiger charge is 2.20. The summed E-state index contributed by atoms with van der Waals surface area (Å²) in [5.74, 6) is -2.48. The van der Waals surface area contributed by atoms with E-state index in [0.717, 1.165) is 24.3 Å². The van der Waals surface area contributed by atoms with Crippen LogP contribution in [0, 0.1) is 21.7 Å². The lowest BCUT2D eigenvalue weighted by Crippen LogP contribution is -2.14. The summed E-state index contributed by atoms with van der Waals surface area (Å²) in [5, 5.41) is 12.9. The van der Waals surface area contributed by atoms with Gasteiger partial charge in [0.2, 0.25) is 0 Å². The van der Waals surface area contributed by atoms with Crippen molar-refractivity contribution in [3.8, 4) is 0 Å². The van der Waals surface area contributed by atoms with Crippen molar-refractivity contribution in [2.24, 2.45) is 0 Å². The molecular weight excluding hydrogens is 350 g/mol. The van der Waals surface area contributed by atoms with Gasteiger partial charge in [0.05, 0.1) is 9.40 Å². The highest BCUT2D eigenvalue weighted by molar-refractivity contribution is 9.10. The lowest BCUT2D eigenvalue weighted by molar-refractivity contribution is -0.384. The molecule has 0 aromatic heterocycles. The molecule has 0 radical (unpaired) electrons. The minimum absolute atomic E-state index is 0.0896. The van der Waals surface area contributed by atoms with Crippen LogP contribution in [0.25, 0.3) is 0 Å². The molecule has 8 heteroatoms. The van der Waals surface area contributed by atoms with Crippen molar-refractivity contribution in [3.63, 3.8) is 0 Å². The number of amides is 1. The molecule has 2 aromatic rings. The topological polar surface area (TPSA) is 72.2 Å². The minimum Gasteiger partial charge on any atom is -0.314 e. The minimum atomic E-state index is -0.949. The maximum atomic E-state index is 13.6. The number of carbonyl (C=O) groups is 1. The molecule has 0 saturated carbocycles. The third-order valence-corrected chi connectivity index (χ3v) is 3.25. The number of carbonyl (C=O) groups excluding carboxylic acids is 1. The molecule has 0 atom stereocenters. The van der Waals surface area contributed by atoms with Gasteiger partial charge in [0.1, 0.15) is 5.82 Å². The Morgan fingerprint density at radius 1 is 1.19 bits per heavy atom. The number of nitrogens with one attached hydrogen (secondary N) is 1. The number of halogens is 3. The fourth-order valence-corrected chi connectivity index (χ4v) is 1.86. The molecule has 0 unspecified atom stereocenters. The summed E-state index contributed by atoms with van der Waals surface area (Å²) in [6, 6.07) is 6.73. The molecule has 5 nitrogen and oxygen atoms in total. The number of anilines is 1. The van der Waals surface area contributed by atoms with Crippen LogP contribution in [0.3, 0.4) is 0 Å². The summed E-state index contributed by atoms with van der Waals surface area (Å²) < 4.78 is 27.1. The first-order valence-electron chi connectivity index (χ1n) is 5.59. The van der Waals surface area contributed by atoms with Crippen molar-refractivity contribution in [1.29, 1.82) is 0 Å². The normalized spacial score (nSPS) is 10.2. The smallest absolute Gasteiger partial charge is 0.295 e. The number of hydrogen-bond donors (Lipinski definition) is 1. The maximum absolute atomic E-state index is 13.6. The zero-order valence-corrected chi connectivity index (χ0v) is 11.9. The molecule has 1 amide bonds. The van der Waals surface area contributed by atoms with Crippen LogP contribution >= 0.6 is 15.9 Å². The number of para-hydroxylation sites is 1. The Morgan fingerprint density at radius 2 is 1.90 bits per heavy atom. The zero-order valence-electron chi connectivity index (χ0n) is 10.3. The molecule has 0 aliphatic carbocycles. The van der Waals surface area contributed by atoms with E-state index in [-0.39, 0.29) is 10.0 Å². The zero-order chi connectivity index (χ0) is 15.6. The third kappa shape index (κ3) is 3.22. The molecular formula is C13H7BrF2N2O3. The number of benzene rings is 2. The number of rotatable bonds is 3. The summed E-state index contributed by atoms with van der Waals surface area (Å²) in [4.78, 5) is 21.9. The van der Waals surface area contributed by atoms with Crippen molar-refractivity contribution in [2.75, 3.05) is 5.32 Å². The standard InChI is InChI=1S/C13H7BrF2N2O3/c14-8-5-4-7(6-10(8)16)13(19)17-12-9(15)2-1-3-11(12)18(20)21/h1-6H,(H,17,19). The molecule has 108 valence electrons. The summed E-state index contributed by atoms with van der Waals surface area (Å²) >= 11 is 2.93. The van der Waals surface area contributed by atoms with Crippen LogP contribution in [-0.2, 0) is 0 Å². The van der Waals surface area contributed by atoms with E-state index in [9.17, 15) is 23.7 Å². The molecule has 0 spiro atoms. The van der Waals surface area contributed by atoms with Gasteiger partial charge in [0, 0.05) is 11.6 Å². The highest BCUT2D eigenvalue weighted by atomic mass is 79.9. The maximum Gasteiger partial charge on any atom is 0.295 e. The second-order valence-corrected chi connectivity index (χ2v) is 4.83. The molecule has 0 saturated heterocycles. The first kappa shape index (κ1) is 15.0. The molecule has 1 N–H and O–H groups in total. The van der Waals surface area contributed by atoms with Crippen molar-refractivity contribution in [1.82, 2.24) is 0 Å². The largest absolute Gasteiger partial charge is 0.314 e. The van der Waals surface area contributed by atoms with Gasteiger partial charge < -0.3 is 5.32 Å². The Morgan fingerprint density at radius 3 is 2.52 bits per heavy atom. The molecule has 2 rings (SSSR count). The molecule has 21 heavy (non-hydrogen) atoms. The average molecular weight is 357 g/mol. The lowest BCUT2D eigenvalue weighted by atomic mass is 10.2. The van der Waals surface area contributed by atoms with Crippen LogP contribution in [0.5, 0.6) is 0 Å². The first-order valence-corrected chi connectivity index (χ1v) is 6.38. The van der Waals surface area contributed by atoms with Crippen molar-refractivity contribution in [3.05, 3.63) is 68.2 Å². The van der Waals surface area contributed by atoms with Crippen LogP contribution in [0.15, 0.2) is 40.9 Å². The van der Waals surface area contributed by atoms with E-state index < -0.39 is 33.8 Å². The summed E-state index contributed by atoms with van der Waals surface area (Å²) in [6.07, 6.45) is 0. The van der Waals surface area contributed by atoms with Crippen molar-refractivity contribution < 1.29 is 18.5 Å². The van der Waals surface area contributed by atoms with E-state index in [1.807, 2.05) is 0 Å². The van der Waals surface area contributed by atoms with Gasteiger partial charge in [-0.2, -0.15) is 0 Å². The predicted octanol–water partition coefficient (Wildman–Crippen LogP) is 3.89. The van der Waals surface area contributed by atoms with Gasteiger partial charge in [-0.25, -0.2) is 8.78 Å². The summed E-state index contributed by atoms with van der Waals surface area (Å²) in [7, 11) is 0. The van der Waals surface area contributed by atoms with Crippen LogP contribution in [0.2, 0.25) is 0 Å². The van der Waals surface area contributed by atoms with Crippen LogP contribution < -0.4 is 5.32 Å². The van der Waals surface area contributed by atoms with Gasteiger partial charge in [0.25, 0.3) is 11.6 Å². The molecule has 0 fully saturated rings. The number of nitrogens with zero attached hydrogens (tertiary/aromatic N) is 1. The van der Waals surface area contributed by atoms with Crippen molar-refractivity contribution >= 4 is 33.2 Å². The van der Waals surface area contributed by atoms with Crippen LogP contribution in [0.1, 0.15) is 10.4 Å². The fourth-order valence-electron chi connectivity index (χ4n) is 1.61. The second kappa shape index (κ2) is 5.96. The van der Waals surface area contributed by atoms with Gasteiger partial charge in [-0.1, -0.05) is 6.07 Å². The second-order valence-electron chi connectivity index (χ2n) is 3.97. The van der Waals surface area contributed by atoms with Gasteiger partial charge in [-0.15, -0.1) is 0 Å². The average Bonchev–Trinajstić information content (AvgIpc) is 2.43. The van der Waals surface area contributed by atoms with Gasteiger partial charge in [-0.3, -0.25) is 14.9 Å². The number of nitro groups is 1. The fraction of sp³-hybridized carbons (Fsp3) is 0. The van der Waals surface area contributed by atoms with Gasteiger partial charge in [0.15, 0.2) is 11.5 Å². The Bertz CT molecular complexity index is 737. The first-order chi connectivity index (χ1) is 9.90. The Balaban J connectivity index is 2.36. The third-order valence-electron chi connectivity index (χ3n) is 2.61. The predicted molar refractivity (Wildman–Crippen MR) is 75.1 cm³/mol. The Kier molecular flexibility index (Phi) is 4.27. The Hall–Kier alpha value is -2.35. The lowest BCUT2D eigenvalue weighted by Gasteiger charge is -2.07. The molecule has 2 aromatic carbocycles. The molecule has 0 aliphatic heterocycles. The molecule has 0 aliphatic rings. The van der Waals surface area contributed by atoms with Gasteiger partial charge >= 0.3 is 0 Å². The monoisotopic (exact) mass is 356 g/mol.